The van der Waals surface area contributed by atoms with Crippen LogP contribution in [0.25, 0.3) is 6.08 Å². The average Bonchev–Trinajstić information content (AvgIpc) is 2.77. The molecule has 2 amide bonds. The number of rotatable bonds is 5. The summed E-state index contributed by atoms with van der Waals surface area (Å²) in [6.45, 7) is -0.910. The Morgan fingerprint density at radius 1 is 1.36 bits per heavy atom. The van der Waals surface area contributed by atoms with E-state index >= 15 is 0 Å². The first-order valence-corrected chi connectivity index (χ1v) is 9.42. The molecule has 1 aliphatic heterocycles. The van der Waals surface area contributed by atoms with E-state index < -0.39 is 24.3 Å². The fourth-order valence-corrected chi connectivity index (χ4v) is 4.35. The summed E-state index contributed by atoms with van der Waals surface area (Å²) in [6.07, 6.45) is 1.47. The summed E-state index contributed by atoms with van der Waals surface area (Å²) in [7, 11) is 0. The van der Waals surface area contributed by atoms with Crippen molar-refractivity contribution in [1.29, 1.82) is 0 Å². The lowest BCUT2D eigenvalue weighted by atomic mass is 10.2. The largest absolute Gasteiger partial charge is 0.506 e. The number of thioether (sulfide) groups is 1. The van der Waals surface area contributed by atoms with Gasteiger partial charge in [0.15, 0.2) is 0 Å². The third-order valence-electron chi connectivity index (χ3n) is 2.96. The molecule has 1 aliphatic rings. The molecule has 1 aromatic rings. The molecule has 25 heavy (non-hydrogen) atoms. The summed E-state index contributed by atoms with van der Waals surface area (Å²) in [4.78, 5) is 35.9. The van der Waals surface area contributed by atoms with Crippen molar-refractivity contribution in [2.45, 2.75) is 0 Å². The number of nitrogens with one attached hydrogen (secondary N) is 1. The van der Waals surface area contributed by atoms with Crippen LogP contribution in [0.3, 0.4) is 0 Å². The number of carbonyl (C=O) groups is 3. The lowest BCUT2D eigenvalue weighted by Gasteiger charge is -2.13. The number of benzene rings is 1. The standard InChI is InChI=1S/C14H10Br2N2O5S2/c15-7-1-6(12(22)8(16)3-7)2-9-13(23)18(14(24)25-9)5-10(19)17-4-11(20)21/h1-3,22H,4-5H2,(H,17,19)(H,20,21)/b9-2-. The maximum absolute atomic E-state index is 12.4. The van der Waals surface area contributed by atoms with Gasteiger partial charge < -0.3 is 15.5 Å². The van der Waals surface area contributed by atoms with Crippen LogP contribution in [0.5, 0.6) is 5.75 Å². The fourth-order valence-electron chi connectivity index (χ4n) is 1.85. The molecular formula is C14H10Br2N2O5S2. The van der Waals surface area contributed by atoms with E-state index in [-0.39, 0.29) is 21.5 Å². The van der Waals surface area contributed by atoms with E-state index in [1.54, 1.807) is 12.1 Å². The monoisotopic (exact) mass is 508 g/mol. The van der Waals surface area contributed by atoms with Gasteiger partial charge in [-0.15, -0.1) is 0 Å². The summed E-state index contributed by atoms with van der Waals surface area (Å²) in [5.41, 5.74) is 0.400. The predicted octanol–water partition coefficient (Wildman–Crippen LogP) is 2.32. The highest BCUT2D eigenvalue weighted by Crippen LogP contribution is 2.37. The van der Waals surface area contributed by atoms with Crippen LogP contribution in [0.15, 0.2) is 26.0 Å². The molecule has 0 radical (unpaired) electrons. The first-order valence-electron chi connectivity index (χ1n) is 6.61. The van der Waals surface area contributed by atoms with E-state index in [4.69, 9.17) is 17.3 Å². The van der Waals surface area contributed by atoms with Crippen LogP contribution in [0.2, 0.25) is 0 Å². The minimum Gasteiger partial charge on any atom is -0.506 e. The topological polar surface area (TPSA) is 107 Å². The summed E-state index contributed by atoms with van der Waals surface area (Å²) < 4.78 is 1.33. The van der Waals surface area contributed by atoms with Gasteiger partial charge in [0.1, 0.15) is 23.2 Å². The van der Waals surface area contributed by atoms with Crippen molar-refractivity contribution in [2.75, 3.05) is 13.1 Å². The zero-order valence-electron chi connectivity index (χ0n) is 12.3. The average molecular weight is 510 g/mol. The minimum atomic E-state index is -1.19. The Morgan fingerprint density at radius 2 is 2.04 bits per heavy atom. The molecule has 1 fully saturated rings. The van der Waals surface area contributed by atoms with Crippen molar-refractivity contribution < 1.29 is 24.6 Å². The first-order chi connectivity index (χ1) is 11.7. The number of amides is 2. The van der Waals surface area contributed by atoms with Gasteiger partial charge in [-0.05, 0) is 34.1 Å². The zero-order valence-corrected chi connectivity index (χ0v) is 17.1. The molecule has 0 saturated carbocycles. The molecule has 1 saturated heterocycles. The number of aromatic hydroxyl groups is 1. The summed E-state index contributed by atoms with van der Waals surface area (Å²) in [6, 6.07) is 3.29. The van der Waals surface area contributed by atoms with E-state index in [0.29, 0.717) is 14.5 Å². The molecular weight excluding hydrogens is 500 g/mol. The zero-order chi connectivity index (χ0) is 18.7. The molecule has 2 rings (SSSR count). The molecule has 0 aliphatic carbocycles. The Bertz CT molecular complexity index is 813. The highest BCUT2D eigenvalue weighted by Gasteiger charge is 2.33. The molecule has 0 unspecified atom stereocenters. The molecule has 0 atom stereocenters. The lowest BCUT2D eigenvalue weighted by Crippen LogP contribution is -2.41. The molecule has 11 heteroatoms. The highest BCUT2D eigenvalue weighted by atomic mass is 79.9. The van der Waals surface area contributed by atoms with Crippen molar-refractivity contribution in [1.82, 2.24) is 10.2 Å². The molecule has 1 heterocycles. The number of phenols is 1. The Morgan fingerprint density at radius 3 is 2.68 bits per heavy atom. The second-order valence-electron chi connectivity index (χ2n) is 4.76. The van der Waals surface area contributed by atoms with Gasteiger partial charge >= 0.3 is 5.97 Å². The van der Waals surface area contributed by atoms with Crippen LogP contribution in [-0.4, -0.2) is 50.3 Å². The number of phenolic OH excluding ortho intramolecular Hbond substituents is 1. The number of carbonyl (C=O) groups excluding carboxylic acids is 2. The second-order valence-corrected chi connectivity index (χ2v) is 8.21. The lowest BCUT2D eigenvalue weighted by molar-refractivity contribution is -0.138. The predicted molar refractivity (Wildman–Crippen MR) is 104 cm³/mol. The Balaban J connectivity index is 2.18. The molecule has 0 spiro atoms. The van der Waals surface area contributed by atoms with Gasteiger partial charge in [0.25, 0.3) is 5.91 Å². The number of halogens is 2. The van der Waals surface area contributed by atoms with Gasteiger partial charge in [-0.1, -0.05) is 39.9 Å². The molecule has 0 bridgehead atoms. The molecule has 0 aromatic heterocycles. The normalized spacial score (nSPS) is 15.8. The number of carboxylic acid groups (broad SMARTS) is 1. The van der Waals surface area contributed by atoms with Crippen LogP contribution < -0.4 is 5.32 Å². The molecule has 132 valence electrons. The number of hydrogen-bond acceptors (Lipinski definition) is 6. The third-order valence-corrected chi connectivity index (χ3v) is 5.40. The second kappa shape index (κ2) is 8.30. The van der Waals surface area contributed by atoms with Gasteiger partial charge in [0, 0.05) is 10.0 Å². The van der Waals surface area contributed by atoms with E-state index in [0.717, 1.165) is 16.7 Å². The minimum absolute atomic E-state index is 0.0346. The van der Waals surface area contributed by atoms with Gasteiger partial charge in [0.05, 0.1) is 9.38 Å². The first kappa shape index (κ1) is 19.9. The Hall–Kier alpha value is -1.43. The van der Waals surface area contributed by atoms with Crippen LogP contribution in [0, 0.1) is 0 Å². The fraction of sp³-hybridized carbons (Fsp3) is 0.143. The number of nitrogens with zero attached hydrogens (tertiary/aromatic N) is 1. The van der Waals surface area contributed by atoms with Crippen molar-refractivity contribution in [2.24, 2.45) is 0 Å². The maximum atomic E-state index is 12.4. The quantitative estimate of drug-likeness (QED) is 0.413. The summed E-state index contributed by atoms with van der Waals surface area (Å²) in [5, 5.41) is 20.8. The number of carboxylic acids is 1. The van der Waals surface area contributed by atoms with E-state index in [1.807, 2.05) is 0 Å². The SMILES string of the molecule is O=C(O)CNC(=O)CN1C(=O)/C(=C/c2cc(Br)cc(Br)c2O)SC1=S. The van der Waals surface area contributed by atoms with Crippen molar-refractivity contribution >= 4 is 84.0 Å². The van der Waals surface area contributed by atoms with Gasteiger partial charge in [-0.2, -0.15) is 0 Å². The molecule has 7 nitrogen and oxygen atoms in total. The van der Waals surface area contributed by atoms with Gasteiger partial charge in [-0.25, -0.2) is 0 Å². The summed E-state index contributed by atoms with van der Waals surface area (Å²) >= 11 is 12.6. The summed E-state index contributed by atoms with van der Waals surface area (Å²) in [5.74, 6) is -2.34. The van der Waals surface area contributed by atoms with Gasteiger partial charge in [0.2, 0.25) is 5.91 Å². The molecule has 1 aromatic carbocycles. The smallest absolute Gasteiger partial charge is 0.322 e. The van der Waals surface area contributed by atoms with Crippen molar-refractivity contribution in [3.8, 4) is 5.75 Å². The Kier molecular flexibility index (Phi) is 6.60. The molecule has 3 N–H and O–H groups in total. The van der Waals surface area contributed by atoms with Crippen LogP contribution >= 0.6 is 55.8 Å². The van der Waals surface area contributed by atoms with Crippen molar-refractivity contribution in [3.05, 3.63) is 31.5 Å². The highest BCUT2D eigenvalue weighted by molar-refractivity contribution is 9.11. The van der Waals surface area contributed by atoms with E-state index in [9.17, 15) is 19.5 Å². The number of aliphatic carboxylic acids is 1. The van der Waals surface area contributed by atoms with Gasteiger partial charge in [-0.3, -0.25) is 19.3 Å². The van der Waals surface area contributed by atoms with Crippen LogP contribution in [0.1, 0.15) is 5.56 Å². The third kappa shape index (κ3) is 5.03. The van der Waals surface area contributed by atoms with Crippen LogP contribution in [-0.2, 0) is 14.4 Å². The number of hydrogen-bond donors (Lipinski definition) is 3. The van der Waals surface area contributed by atoms with E-state index in [2.05, 4.69) is 37.2 Å². The van der Waals surface area contributed by atoms with E-state index in [1.165, 1.54) is 6.08 Å². The van der Waals surface area contributed by atoms with Crippen molar-refractivity contribution in [3.63, 3.8) is 0 Å². The van der Waals surface area contributed by atoms with Crippen LogP contribution in [0.4, 0.5) is 0 Å². The Labute approximate surface area is 168 Å². The number of thiocarbonyl (C=S) groups is 1. The maximum Gasteiger partial charge on any atom is 0.322 e.